The van der Waals surface area contributed by atoms with Crippen molar-refractivity contribution in [2.24, 2.45) is 0 Å². The number of hydrogen-bond donors (Lipinski definition) is 0. The van der Waals surface area contributed by atoms with Gasteiger partial charge >= 0.3 is 21.7 Å². The van der Waals surface area contributed by atoms with E-state index in [1.807, 2.05) is 53.7 Å². The molecule has 1 rings (SSSR count). The molecule has 0 fully saturated rings. The molecule has 131 valence electrons. The molecule has 0 amide bonds. The van der Waals surface area contributed by atoms with Crippen molar-refractivity contribution in [3.63, 3.8) is 0 Å². The predicted molar refractivity (Wildman–Crippen MR) is 101 cm³/mol. The van der Waals surface area contributed by atoms with Gasteiger partial charge in [0.15, 0.2) is 0 Å². The Bertz CT molecular complexity index is 153. The first kappa shape index (κ1) is 33.6. The molecular formula is C18H38N3Ti-2. The van der Waals surface area contributed by atoms with Gasteiger partial charge in [0.1, 0.15) is 0 Å². The Kier molecular flexibility index (Phi) is 65.5. The molecule has 0 aliphatic heterocycles. The molecule has 0 saturated carbocycles. The van der Waals surface area contributed by atoms with Crippen LogP contribution in [0.1, 0.15) is 48.0 Å². The minimum Gasteiger partial charge on any atom is -0.663 e. The van der Waals surface area contributed by atoms with Crippen molar-refractivity contribution in [2.45, 2.75) is 48.0 Å². The maximum Gasteiger partial charge on any atom is 3.00 e. The zero-order valence-corrected chi connectivity index (χ0v) is 17.6. The van der Waals surface area contributed by atoms with Crippen molar-refractivity contribution in [2.75, 3.05) is 39.3 Å². The fourth-order valence-corrected chi connectivity index (χ4v) is 1.01. The van der Waals surface area contributed by atoms with Gasteiger partial charge in [-0.1, -0.05) is 41.5 Å². The average Bonchev–Trinajstić information content (AvgIpc) is 3.02. The third-order valence-corrected chi connectivity index (χ3v) is 1.93. The zero-order chi connectivity index (χ0) is 15.9. The molecule has 0 bridgehead atoms. The van der Waals surface area contributed by atoms with Gasteiger partial charge in [-0.15, -0.1) is 6.42 Å². The first-order valence-electron chi connectivity index (χ1n) is 7.86. The minimum atomic E-state index is 0. The summed E-state index contributed by atoms with van der Waals surface area (Å²) in [4.78, 5) is 0. The smallest absolute Gasteiger partial charge is 0.663 e. The monoisotopic (exact) mass is 344 g/mol. The van der Waals surface area contributed by atoms with Crippen LogP contribution in [-0.2, 0) is 21.7 Å². The van der Waals surface area contributed by atoms with Crippen LogP contribution in [0.25, 0.3) is 16.0 Å². The second-order valence-corrected chi connectivity index (χ2v) is 3.57. The molecule has 1 radical (unpaired) electrons. The normalized spacial score (nSPS) is 9.73. The number of nitrogens with zero attached hydrogens (tertiary/aromatic N) is 3. The van der Waals surface area contributed by atoms with E-state index in [9.17, 15) is 0 Å². The van der Waals surface area contributed by atoms with E-state index in [1.165, 1.54) is 0 Å². The third kappa shape index (κ3) is 59.6. The SMILES string of the molecule is CC[N-]CC.CC[N-]CC.CC[N-]CC.[C-]1=CC=CC1.[CH3-].[Ti+3]. The van der Waals surface area contributed by atoms with Crippen molar-refractivity contribution in [3.8, 4) is 0 Å². The van der Waals surface area contributed by atoms with E-state index < -0.39 is 0 Å². The van der Waals surface area contributed by atoms with Crippen LogP contribution in [0.4, 0.5) is 0 Å². The molecule has 1 aliphatic rings. The molecule has 0 N–H and O–H groups in total. The predicted octanol–water partition coefficient (Wildman–Crippen LogP) is 5.95. The molecule has 0 aromatic heterocycles. The van der Waals surface area contributed by atoms with E-state index in [4.69, 9.17) is 0 Å². The maximum atomic E-state index is 3.97. The van der Waals surface area contributed by atoms with Crippen LogP contribution in [0.3, 0.4) is 0 Å². The van der Waals surface area contributed by atoms with Crippen LogP contribution in [0.2, 0.25) is 0 Å². The van der Waals surface area contributed by atoms with Gasteiger partial charge in [-0.3, -0.25) is 6.08 Å². The summed E-state index contributed by atoms with van der Waals surface area (Å²) in [6.07, 6.45) is 10.0. The quantitative estimate of drug-likeness (QED) is 0.422. The molecule has 0 unspecified atom stereocenters. The van der Waals surface area contributed by atoms with E-state index in [1.54, 1.807) is 0 Å². The van der Waals surface area contributed by atoms with Crippen LogP contribution >= 0.6 is 0 Å². The zero-order valence-electron chi connectivity index (χ0n) is 16.0. The fourth-order valence-electron chi connectivity index (χ4n) is 1.01. The van der Waals surface area contributed by atoms with Gasteiger partial charge in [0.05, 0.1) is 0 Å². The molecule has 3 nitrogen and oxygen atoms in total. The van der Waals surface area contributed by atoms with Crippen molar-refractivity contribution in [1.82, 2.24) is 0 Å². The number of rotatable bonds is 6. The Morgan fingerprint density at radius 1 is 0.727 bits per heavy atom. The molecule has 1 aliphatic carbocycles. The molecule has 0 aromatic carbocycles. The standard InChI is InChI=1S/C5H5.3C4H10N.CH3.Ti/c1-2-4-5-3-1;3*1-3-5-4-2;;/h1-3H,4H2;3*3-4H2,1-2H3;1H3;/q5*-1;+3. The summed E-state index contributed by atoms with van der Waals surface area (Å²) in [6.45, 7) is 18.1. The summed E-state index contributed by atoms with van der Waals surface area (Å²) < 4.78 is 0. The second-order valence-electron chi connectivity index (χ2n) is 3.57. The molecule has 0 heterocycles. The second kappa shape index (κ2) is 42.9. The molecule has 4 heteroatoms. The Hall–Kier alpha value is 0.0743. The van der Waals surface area contributed by atoms with Crippen LogP contribution < -0.4 is 0 Å². The Morgan fingerprint density at radius 3 is 1.09 bits per heavy atom. The van der Waals surface area contributed by atoms with Crippen LogP contribution in [0.15, 0.2) is 18.2 Å². The van der Waals surface area contributed by atoms with E-state index in [0.29, 0.717) is 0 Å². The maximum absolute atomic E-state index is 3.97. The van der Waals surface area contributed by atoms with Gasteiger partial charge in [0.25, 0.3) is 0 Å². The van der Waals surface area contributed by atoms with Crippen molar-refractivity contribution < 1.29 is 21.7 Å². The van der Waals surface area contributed by atoms with Gasteiger partial charge in [0, 0.05) is 0 Å². The van der Waals surface area contributed by atoms with Crippen LogP contribution in [0, 0.1) is 13.5 Å². The Labute approximate surface area is 156 Å². The minimum absolute atomic E-state index is 0. The van der Waals surface area contributed by atoms with Gasteiger partial charge < -0.3 is 23.4 Å². The van der Waals surface area contributed by atoms with Crippen molar-refractivity contribution >= 4 is 0 Å². The topological polar surface area (TPSA) is 42.3 Å². The average molecular weight is 344 g/mol. The fraction of sp³-hybridized carbons (Fsp3) is 0.722. The number of allylic oxidation sites excluding steroid dienone is 4. The third-order valence-electron chi connectivity index (χ3n) is 1.93. The summed E-state index contributed by atoms with van der Waals surface area (Å²) in [5, 5.41) is 11.9. The number of hydrogen-bond acceptors (Lipinski definition) is 0. The largest absolute Gasteiger partial charge is 3.00 e. The van der Waals surface area contributed by atoms with Crippen LogP contribution in [0.5, 0.6) is 0 Å². The van der Waals surface area contributed by atoms with Crippen molar-refractivity contribution in [1.29, 1.82) is 0 Å². The van der Waals surface area contributed by atoms with E-state index in [2.05, 4.69) is 28.1 Å². The first-order chi connectivity index (χ1) is 9.74. The van der Waals surface area contributed by atoms with E-state index in [0.717, 1.165) is 45.7 Å². The molecule has 0 atom stereocenters. The van der Waals surface area contributed by atoms with Gasteiger partial charge in [-0.2, -0.15) is 45.3 Å². The molecule has 0 spiro atoms. The molecular weight excluding hydrogens is 306 g/mol. The van der Waals surface area contributed by atoms with E-state index in [-0.39, 0.29) is 29.1 Å². The Balaban J connectivity index is -0.0000000567. The summed E-state index contributed by atoms with van der Waals surface area (Å²) >= 11 is 0. The van der Waals surface area contributed by atoms with E-state index >= 15 is 0 Å². The summed E-state index contributed by atoms with van der Waals surface area (Å²) in [5.41, 5.74) is 0. The first-order valence-corrected chi connectivity index (χ1v) is 7.86. The van der Waals surface area contributed by atoms with Gasteiger partial charge in [-0.05, 0) is 0 Å². The molecule has 22 heavy (non-hydrogen) atoms. The molecule has 0 aromatic rings. The van der Waals surface area contributed by atoms with Crippen LogP contribution in [-0.4, -0.2) is 39.3 Å². The molecule has 0 saturated heterocycles. The van der Waals surface area contributed by atoms with Crippen molar-refractivity contribution in [3.05, 3.63) is 47.7 Å². The summed E-state index contributed by atoms with van der Waals surface area (Å²) in [6, 6.07) is 0. The van der Waals surface area contributed by atoms with Gasteiger partial charge in [0.2, 0.25) is 0 Å². The summed E-state index contributed by atoms with van der Waals surface area (Å²) in [5.74, 6) is 0. The Morgan fingerprint density at radius 2 is 1.05 bits per heavy atom. The van der Waals surface area contributed by atoms with Gasteiger partial charge in [-0.25, -0.2) is 12.2 Å². The summed E-state index contributed by atoms with van der Waals surface area (Å²) in [7, 11) is 0.